The lowest BCUT2D eigenvalue weighted by Gasteiger charge is -2.36. The van der Waals surface area contributed by atoms with Crippen molar-refractivity contribution in [2.24, 2.45) is 5.73 Å². The molecule has 0 saturated carbocycles. The first kappa shape index (κ1) is 8.33. The summed E-state index contributed by atoms with van der Waals surface area (Å²) < 4.78 is 0. The average Bonchev–Trinajstić information content (AvgIpc) is 1.94. The molecule has 0 aromatic rings. The monoisotopic (exact) mass is 157 g/mol. The first-order chi connectivity index (χ1) is 5.11. The number of rotatable bonds is 0. The summed E-state index contributed by atoms with van der Waals surface area (Å²) in [4.78, 5) is 12.5. The van der Waals surface area contributed by atoms with Gasteiger partial charge < -0.3 is 16.0 Å². The van der Waals surface area contributed by atoms with Gasteiger partial charge in [0.15, 0.2) is 0 Å². The quantitative estimate of drug-likeness (QED) is 0.509. The van der Waals surface area contributed by atoms with Gasteiger partial charge in [-0.05, 0) is 13.8 Å². The van der Waals surface area contributed by atoms with Gasteiger partial charge >= 0.3 is 6.03 Å². The van der Waals surface area contributed by atoms with Gasteiger partial charge in [-0.1, -0.05) is 0 Å². The van der Waals surface area contributed by atoms with E-state index in [-0.39, 0.29) is 12.1 Å². The van der Waals surface area contributed by atoms with Crippen LogP contribution in [-0.4, -0.2) is 36.1 Å². The average molecular weight is 157 g/mol. The number of carbonyl (C=O) groups excluding carboxylic acids is 1. The second-order valence-corrected chi connectivity index (χ2v) is 3.15. The van der Waals surface area contributed by atoms with Crippen LogP contribution in [0.25, 0.3) is 0 Å². The van der Waals surface area contributed by atoms with Crippen molar-refractivity contribution in [3.8, 4) is 0 Å². The minimum absolute atomic E-state index is 0.226. The molecule has 0 aromatic heterocycles. The molecule has 4 heteroatoms. The van der Waals surface area contributed by atoms with Gasteiger partial charge in [0, 0.05) is 25.2 Å². The Balaban J connectivity index is 2.54. The molecule has 1 saturated heterocycles. The Morgan fingerprint density at radius 1 is 1.64 bits per heavy atom. The van der Waals surface area contributed by atoms with Gasteiger partial charge in [-0.3, -0.25) is 0 Å². The number of amides is 2. The Morgan fingerprint density at radius 2 is 2.27 bits per heavy atom. The summed E-state index contributed by atoms with van der Waals surface area (Å²) >= 11 is 0. The number of nitrogens with two attached hydrogens (primary N) is 1. The Labute approximate surface area is 66.7 Å². The molecular formula is C7H15N3O. The fourth-order valence-corrected chi connectivity index (χ4v) is 1.33. The SMILES string of the molecule is C[C@H]1CN(C(N)=O)[C@@H](C)CN1. The van der Waals surface area contributed by atoms with Gasteiger partial charge in [-0.15, -0.1) is 0 Å². The minimum Gasteiger partial charge on any atom is -0.351 e. The predicted molar refractivity (Wildman–Crippen MR) is 43.2 cm³/mol. The zero-order chi connectivity index (χ0) is 8.43. The number of nitrogens with one attached hydrogen (secondary N) is 1. The van der Waals surface area contributed by atoms with Crippen molar-refractivity contribution < 1.29 is 4.79 Å². The van der Waals surface area contributed by atoms with E-state index in [2.05, 4.69) is 5.32 Å². The molecule has 64 valence electrons. The highest BCUT2D eigenvalue weighted by Gasteiger charge is 2.24. The van der Waals surface area contributed by atoms with Gasteiger partial charge in [-0.25, -0.2) is 4.79 Å². The number of hydrogen-bond donors (Lipinski definition) is 2. The maximum absolute atomic E-state index is 10.8. The molecule has 4 nitrogen and oxygen atoms in total. The fourth-order valence-electron chi connectivity index (χ4n) is 1.33. The van der Waals surface area contributed by atoms with Crippen molar-refractivity contribution in [2.45, 2.75) is 25.9 Å². The van der Waals surface area contributed by atoms with E-state index in [9.17, 15) is 4.79 Å². The molecule has 1 aliphatic heterocycles. The smallest absolute Gasteiger partial charge is 0.315 e. The Morgan fingerprint density at radius 3 is 2.73 bits per heavy atom. The Bertz CT molecular complexity index is 160. The van der Waals surface area contributed by atoms with E-state index < -0.39 is 0 Å². The molecule has 1 rings (SSSR count). The summed E-state index contributed by atoms with van der Waals surface area (Å²) in [7, 11) is 0. The van der Waals surface area contributed by atoms with Crippen LogP contribution in [0.5, 0.6) is 0 Å². The lowest BCUT2D eigenvalue weighted by atomic mass is 10.1. The molecule has 1 aliphatic rings. The van der Waals surface area contributed by atoms with Gasteiger partial charge in [0.25, 0.3) is 0 Å². The van der Waals surface area contributed by atoms with E-state index in [4.69, 9.17) is 5.73 Å². The number of hydrogen-bond acceptors (Lipinski definition) is 2. The lowest BCUT2D eigenvalue weighted by molar-refractivity contribution is 0.158. The number of primary amides is 1. The van der Waals surface area contributed by atoms with E-state index in [1.165, 1.54) is 0 Å². The Hall–Kier alpha value is -0.770. The predicted octanol–water partition coefficient (Wildman–Crippen LogP) is -0.253. The van der Waals surface area contributed by atoms with Crippen LogP contribution in [0.2, 0.25) is 0 Å². The molecule has 0 spiro atoms. The van der Waals surface area contributed by atoms with E-state index in [0.29, 0.717) is 6.04 Å². The second-order valence-electron chi connectivity index (χ2n) is 3.15. The molecule has 3 N–H and O–H groups in total. The Kier molecular flexibility index (Phi) is 2.34. The molecular weight excluding hydrogens is 142 g/mol. The third-order valence-electron chi connectivity index (χ3n) is 2.05. The van der Waals surface area contributed by atoms with Crippen molar-refractivity contribution in [3.05, 3.63) is 0 Å². The molecule has 1 heterocycles. The molecule has 0 bridgehead atoms. The van der Waals surface area contributed by atoms with Crippen molar-refractivity contribution in [1.29, 1.82) is 0 Å². The van der Waals surface area contributed by atoms with Gasteiger partial charge in [0.2, 0.25) is 0 Å². The maximum Gasteiger partial charge on any atom is 0.315 e. The molecule has 11 heavy (non-hydrogen) atoms. The highest BCUT2D eigenvalue weighted by molar-refractivity contribution is 5.72. The van der Waals surface area contributed by atoms with E-state index in [1.807, 2.05) is 13.8 Å². The summed E-state index contributed by atoms with van der Waals surface area (Å²) in [5.41, 5.74) is 5.18. The van der Waals surface area contributed by atoms with Crippen LogP contribution in [0.3, 0.4) is 0 Å². The summed E-state index contributed by atoms with van der Waals surface area (Å²) in [5.74, 6) is 0. The molecule has 1 fully saturated rings. The summed E-state index contributed by atoms with van der Waals surface area (Å²) in [6.07, 6.45) is 0. The first-order valence-electron chi connectivity index (χ1n) is 3.90. The molecule has 0 aliphatic carbocycles. The largest absolute Gasteiger partial charge is 0.351 e. The topological polar surface area (TPSA) is 58.4 Å². The highest BCUT2D eigenvalue weighted by atomic mass is 16.2. The number of urea groups is 1. The van der Waals surface area contributed by atoms with Crippen LogP contribution in [0.1, 0.15) is 13.8 Å². The lowest BCUT2D eigenvalue weighted by Crippen LogP contribution is -2.57. The van der Waals surface area contributed by atoms with Gasteiger partial charge in [0.05, 0.1) is 0 Å². The van der Waals surface area contributed by atoms with E-state index in [1.54, 1.807) is 4.90 Å². The third-order valence-corrected chi connectivity index (χ3v) is 2.05. The van der Waals surface area contributed by atoms with Gasteiger partial charge in [-0.2, -0.15) is 0 Å². The molecule has 0 unspecified atom stereocenters. The normalized spacial score (nSPS) is 32.0. The standard InChI is InChI=1S/C7H15N3O/c1-5-4-10(7(8)11)6(2)3-9-5/h5-6,9H,3-4H2,1-2H3,(H2,8,11)/t5-,6-/m0/s1. The van der Waals surface area contributed by atoms with Gasteiger partial charge in [0.1, 0.15) is 0 Å². The van der Waals surface area contributed by atoms with Crippen LogP contribution in [0.4, 0.5) is 4.79 Å². The second kappa shape index (κ2) is 3.09. The molecule has 0 aromatic carbocycles. The maximum atomic E-state index is 10.8. The zero-order valence-corrected chi connectivity index (χ0v) is 7.00. The minimum atomic E-state index is -0.314. The first-order valence-corrected chi connectivity index (χ1v) is 3.90. The third kappa shape index (κ3) is 1.83. The van der Waals surface area contributed by atoms with E-state index in [0.717, 1.165) is 13.1 Å². The van der Waals surface area contributed by atoms with Crippen LogP contribution in [-0.2, 0) is 0 Å². The number of nitrogens with zero attached hydrogens (tertiary/aromatic N) is 1. The molecule has 2 atom stereocenters. The molecule has 0 radical (unpaired) electrons. The summed E-state index contributed by atoms with van der Waals surface area (Å²) in [5, 5.41) is 3.27. The van der Waals surface area contributed by atoms with Crippen LogP contribution in [0.15, 0.2) is 0 Å². The van der Waals surface area contributed by atoms with Crippen molar-refractivity contribution in [3.63, 3.8) is 0 Å². The van der Waals surface area contributed by atoms with Crippen molar-refractivity contribution >= 4 is 6.03 Å². The fraction of sp³-hybridized carbons (Fsp3) is 0.857. The molecule has 2 amide bonds. The van der Waals surface area contributed by atoms with Crippen LogP contribution in [0, 0.1) is 0 Å². The summed E-state index contributed by atoms with van der Waals surface area (Å²) in [6.45, 7) is 5.59. The van der Waals surface area contributed by atoms with Crippen LogP contribution < -0.4 is 11.1 Å². The summed E-state index contributed by atoms with van der Waals surface area (Å²) in [6, 6.07) is 0.272. The highest BCUT2D eigenvalue weighted by Crippen LogP contribution is 2.04. The van der Waals surface area contributed by atoms with Crippen molar-refractivity contribution in [1.82, 2.24) is 10.2 Å². The van der Waals surface area contributed by atoms with E-state index >= 15 is 0 Å². The zero-order valence-electron chi connectivity index (χ0n) is 7.00. The van der Waals surface area contributed by atoms with Crippen molar-refractivity contribution in [2.75, 3.05) is 13.1 Å². The number of piperazine rings is 1. The van der Waals surface area contributed by atoms with Crippen LogP contribution >= 0.6 is 0 Å². The number of carbonyl (C=O) groups is 1.